The third-order valence-electron chi connectivity index (χ3n) is 3.35. The Labute approximate surface area is 133 Å². The molecule has 0 fully saturated rings. The van der Waals surface area contributed by atoms with Crippen molar-refractivity contribution in [3.8, 4) is 17.6 Å². The summed E-state index contributed by atoms with van der Waals surface area (Å²) in [6.45, 7) is 6.37. The predicted octanol–water partition coefficient (Wildman–Crippen LogP) is 4.99. The molecular formula is C21H22O. The lowest BCUT2D eigenvalue weighted by Crippen LogP contribution is -1.92. The number of rotatable bonds is 6. The first-order valence-electron chi connectivity index (χ1n) is 7.76. The molecule has 0 radical (unpaired) electrons. The summed E-state index contributed by atoms with van der Waals surface area (Å²) in [4.78, 5) is 0. The zero-order chi connectivity index (χ0) is 15.6. The average molecular weight is 290 g/mol. The number of aryl methyl sites for hydroxylation is 1. The van der Waals surface area contributed by atoms with E-state index in [1.807, 2.05) is 24.3 Å². The fourth-order valence-corrected chi connectivity index (χ4v) is 2.07. The third kappa shape index (κ3) is 5.14. The highest BCUT2D eigenvalue weighted by atomic mass is 16.5. The molecule has 0 bridgehead atoms. The van der Waals surface area contributed by atoms with Crippen LogP contribution in [0, 0.1) is 11.8 Å². The monoisotopic (exact) mass is 290 g/mol. The van der Waals surface area contributed by atoms with E-state index in [0.717, 1.165) is 23.3 Å². The van der Waals surface area contributed by atoms with E-state index in [9.17, 15) is 0 Å². The van der Waals surface area contributed by atoms with Crippen molar-refractivity contribution in [3.05, 3.63) is 77.9 Å². The maximum Gasteiger partial charge on any atom is 0.119 e. The maximum absolute atomic E-state index is 5.45. The molecule has 2 aromatic carbocycles. The van der Waals surface area contributed by atoms with Crippen LogP contribution in [-0.2, 0) is 6.42 Å². The topological polar surface area (TPSA) is 9.23 Å². The van der Waals surface area contributed by atoms with Gasteiger partial charge in [0.1, 0.15) is 12.4 Å². The molecule has 2 aromatic rings. The Bertz CT molecular complexity index is 639. The van der Waals surface area contributed by atoms with Crippen molar-refractivity contribution in [2.45, 2.75) is 26.2 Å². The largest absolute Gasteiger partial charge is 0.490 e. The second-order valence-corrected chi connectivity index (χ2v) is 5.17. The summed E-state index contributed by atoms with van der Waals surface area (Å²) in [6, 6.07) is 16.3. The first-order chi connectivity index (χ1) is 10.8. The smallest absolute Gasteiger partial charge is 0.119 e. The fourth-order valence-electron chi connectivity index (χ4n) is 2.07. The molecule has 0 amide bonds. The lowest BCUT2D eigenvalue weighted by molar-refractivity contribution is 0.363. The van der Waals surface area contributed by atoms with Crippen LogP contribution in [0.5, 0.6) is 5.75 Å². The van der Waals surface area contributed by atoms with E-state index in [2.05, 4.69) is 49.6 Å². The molecule has 22 heavy (non-hydrogen) atoms. The minimum atomic E-state index is 0.523. The van der Waals surface area contributed by atoms with Crippen LogP contribution in [0.4, 0.5) is 0 Å². The van der Waals surface area contributed by atoms with E-state index in [0.29, 0.717) is 6.61 Å². The lowest BCUT2D eigenvalue weighted by atomic mass is 10.1. The van der Waals surface area contributed by atoms with E-state index in [-0.39, 0.29) is 0 Å². The molecule has 1 nitrogen and oxygen atoms in total. The van der Waals surface area contributed by atoms with Crippen LogP contribution in [0.1, 0.15) is 36.5 Å². The number of hydrogen-bond acceptors (Lipinski definition) is 1. The van der Waals surface area contributed by atoms with Crippen LogP contribution in [0.15, 0.2) is 61.2 Å². The van der Waals surface area contributed by atoms with Crippen molar-refractivity contribution >= 4 is 0 Å². The van der Waals surface area contributed by atoms with Crippen molar-refractivity contribution in [1.82, 2.24) is 0 Å². The highest BCUT2D eigenvalue weighted by Crippen LogP contribution is 2.12. The van der Waals surface area contributed by atoms with Gasteiger partial charge >= 0.3 is 0 Å². The summed E-state index contributed by atoms with van der Waals surface area (Å²) in [7, 11) is 0. The van der Waals surface area contributed by atoms with Gasteiger partial charge in [0.05, 0.1) is 0 Å². The van der Waals surface area contributed by atoms with Crippen molar-refractivity contribution < 1.29 is 4.74 Å². The number of unbranched alkanes of at least 4 members (excludes halogenated alkanes) is 1. The van der Waals surface area contributed by atoms with Gasteiger partial charge in [0, 0.05) is 11.1 Å². The molecule has 0 spiro atoms. The minimum Gasteiger partial charge on any atom is -0.490 e. The summed E-state index contributed by atoms with van der Waals surface area (Å²) in [6.07, 6.45) is 5.35. The minimum absolute atomic E-state index is 0.523. The molecule has 0 saturated carbocycles. The Kier molecular flexibility index (Phi) is 6.33. The highest BCUT2D eigenvalue weighted by molar-refractivity contribution is 5.44. The van der Waals surface area contributed by atoms with Crippen molar-refractivity contribution in [2.75, 3.05) is 6.61 Å². The van der Waals surface area contributed by atoms with Crippen LogP contribution >= 0.6 is 0 Å². The van der Waals surface area contributed by atoms with Gasteiger partial charge in [-0.2, -0.15) is 0 Å². The van der Waals surface area contributed by atoms with E-state index in [4.69, 9.17) is 4.74 Å². The molecule has 0 aliphatic rings. The molecule has 0 aliphatic carbocycles. The number of hydrogen-bond donors (Lipinski definition) is 0. The van der Waals surface area contributed by atoms with Crippen LogP contribution < -0.4 is 4.74 Å². The van der Waals surface area contributed by atoms with Crippen LogP contribution in [0.3, 0.4) is 0 Å². The summed E-state index contributed by atoms with van der Waals surface area (Å²) < 4.78 is 5.45. The van der Waals surface area contributed by atoms with Crippen LogP contribution in [0.2, 0.25) is 0 Å². The van der Waals surface area contributed by atoms with Gasteiger partial charge in [0.15, 0.2) is 0 Å². The molecule has 112 valence electrons. The standard InChI is InChI=1S/C21H22O/c1-3-5-6-18-7-9-19(10-8-18)11-12-20-13-15-21(16-14-20)22-17-4-2/h4,7-10,13-16H,2-3,5-6,17H2,1H3. The van der Waals surface area contributed by atoms with E-state index in [1.54, 1.807) is 6.08 Å². The van der Waals surface area contributed by atoms with E-state index >= 15 is 0 Å². The molecular weight excluding hydrogens is 268 g/mol. The lowest BCUT2D eigenvalue weighted by Gasteiger charge is -2.02. The van der Waals surface area contributed by atoms with Gasteiger partial charge < -0.3 is 4.74 Å². The zero-order valence-electron chi connectivity index (χ0n) is 13.1. The average Bonchev–Trinajstić information content (AvgIpc) is 2.58. The number of ether oxygens (including phenoxy) is 1. The predicted molar refractivity (Wildman–Crippen MR) is 93.2 cm³/mol. The molecule has 0 saturated heterocycles. The van der Waals surface area contributed by atoms with Gasteiger partial charge in [-0.1, -0.05) is 50.0 Å². The second-order valence-electron chi connectivity index (χ2n) is 5.17. The second kappa shape index (κ2) is 8.74. The Balaban J connectivity index is 1.98. The van der Waals surface area contributed by atoms with E-state index in [1.165, 1.54) is 18.4 Å². The summed E-state index contributed by atoms with van der Waals surface area (Å²) in [5.41, 5.74) is 3.42. The molecule has 2 rings (SSSR count). The van der Waals surface area contributed by atoms with Gasteiger partial charge in [-0.05, 0) is 54.8 Å². The Hall–Kier alpha value is -2.46. The van der Waals surface area contributed by atoms with Gasteiger partial charge in [-0.15, -0.1) is 0 Å². The highest BCUT2D eigenvalue weighted by Gasteiger charge is 1.94. The van der Waals surface area contributed by atoms with Crippen molar-refractivity contribution in [3.63, 3.8) is 0 Å². The summed E-state index contributed by atoms with van der Waals surface area (Å²) >= 11 is 0. The Morgan fingerprint density at radius 1 is 0.955 bits per heavy atom. The molecule has 0 aliphatic heterocycles. The molecule has 0 heterocycles. The molecule has 0 unspecified atom stereocenters. The summed E-state index contributed by atoms with van der Waals surface area (Å²) in [5, 5.41) is 0. The normalized spacial score (nSPS) is 9.68. The van der Waals surface area contributed by atoms with E-state index < -0.39 is 0 Å². The van der Waals surface area contributed by atoms with Crippen molar-refractivity contribution in [2.24, 2.45) is 0 Å². The zero-order valence-corrected chi connectivity index (χ0v) is 13.1. The molecule has 0 N–H and O–H groups in total. The molecule has 0 aromatic heterocycles. The Morgan fingerprint density at radius 3 is 2.09 bits per heavy atom. The molecule has 1 heteroatoms. The van der Waals surface area contributed by atoms with Gasteiger partial charge in [-0.25, -0.2) is 0 Å². The molecule has 0 atom stereocenters. The maximum atomic E-state index is 5.45. The third-order valence-corrected chi connectivity index (χ3v) is 3.35. The number of benzene rings is 2. The van der Waals surface area contributed by atoms with Gasteiger partial charge in [0.25, 0.3) is 0 Å². The first-order valence-corrected chi connectivity index (χ1v) is 7.76. The van der Waals surface area contributed by atoms with Gasteiger partial charge in [-0.3, -0.25) is 0 Å². The quantitative estimate of drug-likeness (QED) is 0.537. The Morgan fingerprint density at radius 2 is 1.55 bits per heavy atom. The first kappa shape index (κ1) is 15.9. The van der Waals surface area contributed by atoms with Gasteiger partial charge in [0.2, 0.25) is 0 Å². The van der Waals surface area contributed by atoms with Crippen molar-refractivity contribution in [1.29, 1.82) is 0 Å². The fraction of sp³-hybridized carbons (Fsp3) is 0.238. The van der Waals surface area contributed by atoms with Crippen LogP contribution in [0.25, 0.3) is 0 Å². The SMILES string of the molecule is C=CCOc1ccc(C#Cc2ccc(CCCC)cc2)cc1. The summed E-state index contributed by atoms with van der Waals surface area (Å²) in [5.74, 6) is 7.22. The van der Waals surface area contributed by atoms with Crippen LogP contribution in [-0.4, -0.2) is 6.61 Å².